The summed E-state index contributed by atoms with van der Waals surface area (Å²) in [6.07, 6.45) is 1.78. The van der Waals surface area contributed by atoms with E-state index in [1.165, 1.54) is 0 Å². The van der Waals surface area contributed by atoms with Gasteiger partial charge in [0, 0.05) is 22.9 Å². The van der Waals surface area contributed by atoms with Gasteiger partial charge < -0.3 is 15.5 Å². The molecule has 0 radical (unpaired) electrons. The molecule has 0 unspecified atom stereocenters. The highest BCUT2D eigenvalue weighted by molar-refractivity contribution is 6.02. The number of anilines is 2. The van der Waals surface area contributed by atoms with E-state index in [-0.39, 0.29) is 17.7 Å². The fourth-order valence-electron chi connectivity index (χ4n) is 3.25. The van der Waals surface area contributed by atoms with E-state index in [9.17, 15) is 9.59 Å². The molecule has 1 aliphatic rings. The average Bonchev–Trinajstić information content (AvgIpc) is 2.64. The monoisotopic (exact) mass is 351 g/mol. The average molecular weight is 351 g/mol. The first kappa shape index (κ1) is 18.1. The number of nitrogens with zero attached hydrogens (tertiary/aromatic N) is 1. The highest BCUT2D eigenvalue weighted by Gasteiger charge is 2.24. The number of urea groups is 1. The van der Waals surface area contributed by atoms with Gasteiger partial charge in [-0.05, 0) is 63.7 Å². The maximum absolute atomic E-state index is 12.7. The summed E-state index contributed by atoms with van der Waals surface area (Å²) in [7, 11) is 2.08. The number of carbonyl (C=O) groups excluding carboxylic acids is 2. The Hall–Kier alpha value is -2.66. The van der Waals surface area contributed by atoms with Gasteiger partial charge in [-0.15, -0.1) is 0 Å². The molecule has 0 saturated carbocycles. The number of hydrogen-bond acceptors (Lipinski definition) is 3. The van der Waals surface area contributed by atoms with Crippen LogP contribution in [0.25, 0.3) is 0 Å². The van der Waals surface area contributed by atoms with E-state index >= 15 is 0 Å². The lowest BCUT2D eigenvalue weighted by molar-refractivity contribution is 0.0857. The van der Waals surface area contributed by atoms with Crippen molar-refractivity contribution >= 4 is 23.2 Å². The fourth-order valence-corrected chi connectivity index (χ4v) is 3.25. The minimum absolute atomic E-state index is 0.0715. The van der Waals surface area contributed by atoms with E-state index in [4.69, 9.17) is 0 Å². The molecule has 0 aliphatic carbocycles. The smallest absolute Gasteiger partial charge is 0.308 e. The Kier molecular flexibility index (Phi) is 5.68. The number of amides is 2. The first-order chi connectivity index (χ1) is 12.5. The Morgan fingerprint density at radius 1 is 1.00 bits per heavy atom. The molecule has 26 heavy (non-hydrogen) atoms. The Morgan fingerprint density at radius 2 is 1.73 bits per heavy atom. The molecule has 2 N–H and O–H groups in total. The van der Waals surface area contributed by atoms with E-state index in [0.29, 0.717) is 11.3 Å². The second kappa shape index (κ2) is 8.15. The third kappa shape index (κ3) is 4.49. The summed E-state index contributed by atoms with van der Waals surface area (Å²) >= 11 is 0. The van der Waals surface area contributed by atoms with Crippen LogP contribution in [0.2, 0.25) is 0 Å². The highest BCUT2D eigenvalue weighted by Crippen LogP contribution is 2.23. The zero-order valence-electron chi connectivity index (χ0n) is 15.3. The van der Waals surface area contributed by atoms with Crippen molar-refractivity contribution in [2.75, 3.05) is 30.8 Å². The molecule has 0 atom stereocenters. The molecule has 2 amide bonds. The zero-order valence-corrected chi connectivity index (χ0v) is 15.3. The van der Waals surface area contributed by atoms with Crippen molar-refractivity contribution in [1.82, 2.24) is 4.90 Å². The largest absolute Gasteiger partial charge is 0.323 e. The van der Waals surface area contributed by atoms with Crippen LogP contribution in [0.5, 0.6) is 0 Å². The van der Waals surface area contributed by atoms with Gasteiger partial charge >= 0.3 is 6.03 Å². The quantitative estimate of drug-likeness (QED) is 0.813. The summed E-state index contributed by atoms with van der Waals surface area (Å²) in [5, 5.41) is 5.65. The van der Waals surface area contributed by atoms with Crippen molar-refractivity contribution in [2.45, 2.75) is 19.8 Å². The second-order valence-electron chi connectivity index (χ2n) is 6.92. The van der Waals surface area contributed by atoms with Crippen LogP contribution < -0.4 is 10.6 Å². The van der Waals surface area contributed by atoms with E-state index in [1.54, 1.807) is 12.1 Å². The Morgan fingerprint density at radius 3 is 2.46 bits per heavy atom. The number of piperidine rings is 1. The minimum Gasteiger partial charge on any atom is -0.308 e. The third-order valence-corrected chi connectivity index (χ3v) is 4.89. The maximum Gasteiger partial charge on any atom is 0.323 e. The first-order valence-electron chi connectivity index (χ1n) is 8.99. The van der Waals surface area contributed by atoms with Crippen molar-refractivity contribution in [1.29, 1.82) is 0 Å². The molecule has 2 aromatic rings. The van der Waals surface area contributed by atoms with Crippen LogP contribution in [0.4, 0.5) is 16.2 Å². The standard InChI is InChI=1S/C21H25N3O2/c1-15-6-3-4-9-19(15)23-21(26)22-18-8-5-7-17(14-18)20(25)16-10-12-24(2)13-11-16/h3-9,14,16H,10-13H2,1-2H3,(H2,22,23,26). The molecule has 3 rings (SSSR count). The van der Waals surface area contributed by atoms with E-state index in [2.05, 4.69) is 22.6 Å². The molecule has 0 spiro atoms. The summed E-state index contributed by atoms with van der Waals surface area (Å²) in [6.45, 7) is 3.84. The number of likely N-dealkylation sites (tertiary alicyclic amines) is 1. The summed E-state index contributed by atoms with van der Waals surface area (Å²) in [4.78, 5) is 27.2. The molecule has 0 bridgehead atoms. The van der Waals surface area contributed by atoms with Gasteiger partial charge in [-0.1, -0.05) is 30.3 Å². The predicted octanol–water partition coefficient (Wildman–Crippen LogP) is 4.16. The summed E-state index contributed by atoms with van der Waals surface area (Å²) < 4.78 is 0. The molecule has 1 aliphatic heterocycles. The molecule has 5 heteroatoms. The second-order valence-corrected chi connectivity index (χ2v) is 6.92. The van der Waals surface area contributed by atoms with E-state index in [1.807, 2.05) is 43.3 Å². The van der Waals surface area contributed by atoms with Gasteiger partial charge in [0.2, 0.25) is 0 Å². The fraction of sp³-hybridized carbons (Fsp3) is 0.333. The van der Waals surface area contributed by atoms with Crippen molar-refractivity contribution in [3.63, 3.8) is 0 Å². The molecular weight excluding hydrogens is 326 g/mol. The normalized spacial score (nSPS) is 15.5. The van der Waals surface area contributed by atoms with Gasteiger partial charge in [0.1, 0.15) is 0 Å². The summed E-state index contributed by atoms with van der Waals surface area (Å²) in [5.41, 5.74) is 3.04. The van der Waals surface area contributed by atoms with Gasteiger partial charge in [-0.25, -0.2) is 4.79 Å². The van der Waals surface area contributed by atoms with Crippen molar-refractivity contribution in [3.8, 4) is 0 Å². The van der Waals surface area contributed by atoms with Gasteiger partial charge in [-0.3, -0.25) is 4.79 Å². The number of rotatable bonds is 4. The van der Waals surface area contributed by atoms with Crippen LogP contribution >= 0.6 is 0 Å². The Bertz CT molecular complexity index is 795. The van der Waals surface area contributed by atoms with Crippen molar-refractivity contribution < 1.29 is 9.59 Å². The zero-order chi connectivity index (χ0) is 18.5. The summed E-state index contributed by atoms with van der Waals surface area (Å²) in [6, 6.07) is 14.5. The molecule has 1 saturated heterocycles. The SMILES string of the molecule is Cc1ccccc1NC(=O)Nc1cccc(C(=O)C2CCN(C)CC2)c1. The highest BCUT2D eigenvalue weighted by atomic mass is 16.2. The molecular formula is C21H25N3O2. The van der Waals surface area contributed by atoms with Crippen LogP contribution in [0, 0.1) is 12.8 Å². The molecule has 2 aromatic carbocycles. The Balaban J connectivity index is 1.64. The van der Waals surface area contributed by atoms with Gasteiger partial charge in [0.05, 0.1) is 0 Å². The molecule has 1 heterocycles. The third-order valence-electron chi connectivity index (χ3n) is 4.89. The number of benzene rings is 2. The van der Waals surface area contributed by atoms with Crippen molar-refractivity contribution in [2.24, 2.45) is 5.92 Å². The number of ketones is 1. The number of hydrogen-bond donors (Lipinski definition) is 2. The van der Waals surface area contributed by atoms with Crippen LogP contribution in [-0.2, 0) is 0 Å². The first-order valence-corrected chi connectivity index (χ1v) is 8.99. The van der Waals surface area contributed by atoms with Crippen molar-refractivity contribution in [3.05, 3.63) is 59.7 Å². The van der Waals surface area contributed by atoms with Crippen LogP contribution in [0.3, 0.4) is 0 Å². The minimum atomic E-state index is -0.316. The lowest BCUT2D eigenvalue weighted by Crippen LogP contribution is -2.33. The number of aryl methyl sites for hydroxylation is 1. The van der Waals surface area contributed by atoms with Gasteiger partial charge in [0.15, 0.2) is 5.78 Å². The van der Waals surface area contributed by atoms with Crippen LogP contribution in [-0.4, -0.2) is 36.9 Å². The Labute approximate surface area is 154 Å². The lowest BCUT2D eigenvalue weighted by Gasteiger charge is -2.28. The molecule has 1 fully saturated rings. The van der Waals surface area contributed by atoms with E-state index < -0.39 is 0 Å². The number of carbonyl (C=O) groups is 2. The number of para-hydroxylation sites is 1. The molecule has 0 aromatic heterocycles. The maximum atomic E-state index is 12.7. The van der Waals surface area contributed by atoms with Gasteiger partial charge in [-0.2, -0.15) is 0 Å². The predicted molar refractivity (Wildman–Crippen MR) is 105 cm³/mol. The van der Waals surface area contributed by atoms with Crippen LogP contribution in [0.1, 0.15) is 28.8 Å². The number of nitrogens with one attached hydrogen (secondary N) is 2. The molecule has 136 valence electrons. The van der Waals surface area contributed by atoms with E-state index in [0.717, 1.165) is 37.2 Å². The van der Waals surface area contributed by atoms with Gasteiger partial charge in [0.25, 0.3) is 0 Å². The lowest BCUT2D eigenvalue weighted by atomic mass is 9.89. The summed E-state index contributed by atoms with van der Waals surface area (Å²) in [5.74, 6) is 0.239. The topological polar surface area (TPSA) is 61.4 Å². The van der Waals surface area contributed by atoms with Crippen LogP contribution in [0.15, 0.2) is 48.5 Å². The molecule has 5 nitrogen and oxygen atoms in total. The number of Topliss-reactive ketones (excluding diaryl/α,β-unsaturated/α-hetero) is 1.